The van der Waals surface area contributed by atoms with E-state index >= 15 is 0 Å². The lowest BCUT2D eigenvalue weighted by atomic mass is 9.65. The van der Waals surface area contributed by atoms with Gasteiger partial charge in [-0.25, -0.2) is 0 Å². The monoisotopic (exact) mass is 225 g/mol. The molecule has 4 unspecified atom stereocenters. The van der Waals surface area contributed by atoms with Crippen molar-refractivity contribution in [3.63, 3.8) is 0 Å². The lowest BCUT2D eigenvalue weighted by molar-refractivity contribution is -0.160. The van der Waals surface area contributed by atoms with E-state index in [2.05, 4.69) is 20.8 Å². The highest BCUT2D eigenvalue weighted by molar-refractivity contribution is 5.01. The molecule has 2 saturated carbocycles. The third-order valence-electron chi connectivity index (χ3n) is 4.96. The Balaban J connectivity index is 1.89. The molecule has 2 rings (SSSR count). The van der Waals surface area contributed by atoms with Crippen molar-refractivity contribution in [1.29, 1.82) is 0 Å². The van der Waals surface area contributed by atoms with Crippen LogP contribution >= 0.6 is 0 Å². The molecule has 0 aliphatic heterocycles. The van der Waals surface area contributed by atoms with E-state index in [-0.39, 0.29) is 5.41 Å². The van der Waals surface area contributed by atoms with Crippen LogP contribution in [0.1, 0.15) is 59.3 Å². The Morgan fingerprint density at radius 1 is 1.25 bits per heavy atom. The van der Waals surface area contributed by atoms with Gasteiger partial charge in [0.1, 0.15) is 0 Å². The van der Waals surface area contributed by atoms with Crippen molar-refractivity contribution < 1.29 is 4.74 Å². The molecular formula is C14H27NO. The summed E-state index contributed by atoms with van der Waals surface area (Å²) in [6.07, 6.45) is 8.60. The van der Waals surface area contributed by atoms with Crippen molar-refractivity contribution in [3.8, 4) is 0 Å². The fourth-order valence-corrected chi connectivity index (χ4v) is 3.18. The summed E-state index contributed by atoms with van der Waals surface area (Å²) in [6, 6.07) is 0.334. The maximum absolute atomic E-state index is 6.34. The van der Waals surface area contributed by atoms with Crippen molar-refractivity contribution in [2.45, 2.75) is 77.5 Å². The van der Waals surface area contributed by atoms with Crippen LogP contribution in [0, 0.1) is 11.3 Å². The molecule has 0 bridgehead atoms. The fourth-order valence-electron chi connectivity index (χ4n) is 3.18. The number of hydrogen-bond acceptors (Lipinski definition) is 2. The minimum absolute atomic E-state index is 0.190. The molecule has 94 valence electrons. The fraction of sp³-hybridized carbons (Fsp3) is 1.00. The van der Waals surface area contributed by atoms with Gasteiger partial charge in [0.25, 0.3) is 0 Å². The Morgan fingerprint density at radius 2 is 1.94 bits per heavy atom. The SMILES string of the molecule is CCC1CCCCC1OC1CC(N)C1(C)C. The Labute approximate surface area is 99.9 Å². The summed E-state index contributed by atoms with van der Waals surface area (Å²) in [5.41, 5.74) is 6.23. The normalized spacial score (nSPS) is 42.8. The van der Waals surface area contributed by atoms with E-state index in [1.54, 1.807) is 0 Å². The lowest BCUT2D eigenvalue weighted by Crippen LogP contribution is -2.60. The molecule has 0 amide bonds. The molecular weight excluding hydrogens is 198 g/mol. The standard InChI is InChI=1S/C14H27NO/c1-4-10-7-5-6-8-11(10)16-13-9-12(15)14(13,2)3/h10-13H,4-9,15H2,1-3H3. The van der Waals surface area contributed by atoms with E-state index in [4.69, 9.17) is 10.5 Å². The van der Waals surface area contributed by atoms with Crippen LogP contribution in [0.15, 0.2) is 0 Å². The van der Waals surface area contributed by atoms with Crippen LogP contribution in [-0.4, -0.2) is 18.2 Å². The average molecular weight is 225 g/mol. The van der Waals surface area contributed by atoms with Crippen LogP contribution in [0.5, 0.6) is 0 Å². The van der Waals surface area contributed by atoms with Crippen LogP contribution in [0.25, 0.3) is 0 Å². The zero-order chi connectivity index (χ0) is 11.8. The number of ether oxygens (including phenoxy) is 1. The summed E-state index contributed by atoms with van der Waals surface area (Å²) >= 11 is 0. The molecule has 0 spiro atoms. The molecule has 0 aromatic rings. The quantitative estimate of drug-likeness (QED) is 0.801. The second-order valence-electron chi connectivity index (χ2n) is 6.28. The molecule has 16 heavy (non-hydrogen) atoms. The van der Waals surface area contributed by atoms with Gasteiger partial charge < -0.3 is 10.5 Å². The van der Waals surface area contributed by atoms with Crippen molar-refractivity contribution >= 4 is 0 Å². The van der Waals surface area contributed by atoms with Crippen LogP contribution in [0.3, 0.4) is 0 Å². The first-order chi connectivity index (χ1) is 7.55. The smallest absolute Gasteiger partial charge is 0.0659 e. The van der Waals surface area contributed by atoms with Gasteiger partial charge in [0.15, 0.2) is 0 Å². The molecule has 2 heteroatoms. The van der Waals surface area contributed by atoms with Gasteiger partial charge in [-0.05, 0) is 25.2 Å². The van der Waals surface area contributed by atoms with Crippen molar-refractivity contribution in [2.24, 2.45) is 17.1 Å². The third-order valence-corrected chi connectivity index (χ3v) is 4.96. The first-order valence-corrected chi connectivity index (χ1v) is 6.96. The summed E-state index contributed by atoms with van der Waals surface area (Å²) in [6.45, 7) is 6.79. The third kappa shape index (κ3) is 2.14. The van der Waals surface area contributed by atoms with Crippen molar-refractivity contribution in [3.05, 3.63) is 0 Å². The first-order valence-electron chi connectivity index (χ1n) is 6.96. The summed E-state index contributed by atoms with van der Waals surface area (Å²) in [7, 11) is 0. The van der Waals surface area contributed by atoms with E-state index < -0.39 is 0 Å². The van der Waals surface area contributed by atoms with Gasteiger partial charge in [-0.15, -0.1) is 0 Å². The number of hydrogen-bond donors (Lipinski definition) is 1. The van der Waals surface area contributed by atoms with Crippen LogP contribution in [0.4, 0.5) is 0 Å². The zero-order valence-electron chi connectivity index (χ0n) is 11.0. The Hall–Kier alpha value is -0.0800. The molecule has 0 aromatic heterocycles. The van der Waals surface area contributed by atoms with E-state index in [0.29, 0.717) is 18.2 Å². The predicted octanol–water partition coefficient (Wildman–Crippen LogP) is 3.10. The van der Waals surface area contributed by atoms with Gasteiger partial charge in [0.05, 0.1) is 12.2 Å². The van der Waals surface area contributed by atoms with Crippen LogP contribution < -0.4 is 5.73 Å². The molecule has 2 nitrogen and oxygen atoms in total. The van der Waals surface area contributed by atoms with E-state index in [1.165, 1.54) is 32.1 Å². The minimum Gasteiger partial charge on any atom is -0.374 e. The topological polar surface area (TPSA) is 35.2 Å². The average Bonchev–Trinajstić information content (AvgIpc) is 2.29. The van der Waals surface area contributed by atoms with Gasteiger partial charge in [-0.2, -0.15) is 0 Å². The van der Waals surface area contributed by atoms with Gasteiger partial charge in [0, 0.05) is 11.5 Å². The largest absolute Gasteiger partial charge is 0.374 e. The maximum atomic E-state index is 6.34. The van der Waals surface area contributed by atoms with Crippen LogP contribution in [-0.2, 0) is 4.74 Å². The molecule has 2 aliphatic carbocycles. The van der Waals surface area contributed by atoms with Gasteiger partial charge >= 0.3 is 0 Å². The molecule has 0 aromatic carbocycles. The summed E-state index contributed by atoms with van der Waals surface area (Å²) in [4.78, 5) is 0. The predicted molar refractivity (Wildman–Crippen MR) is 67.3 cm³/mol. The van der Waals surface area contributed by atoms with E-state index in [9.17, 15) is 0 Å². The minimum atomic E-state index is 0.190. The molecule has 4 atom stereocenters. The maximum Gasteiger partial charge on any atom is 0.0659 e. The van der Waals surface area contributed by atoms with Gasteiger partial charge in [-0.3, -0.25) is 0 Å². The zero-order valence-corrected chi connectivity index (χ0v) is 11.0. The molecule has 0 radical (unpaired) electrons. The van der Waals surface area contributed by atoms with Gasteiger partial charge in [0.2, 0.25) is 0 Å². The van der Waals surface area contributed by atoms with E-state index in [0.717, 1.165) is 12.3 Å². The molecule has 0 saturated heterocycles. The summed E-state index contributed by atoms with van der Waals surface area (Å²) in [5.74, 6) is 0.793. The highest BCUT2D eigenvalue weighted by Crippen LogP contribution is 2.44. The number of nitrogens with two attached hydrogens (primary N) is 1. The second kappa shape index (κ2) is 4.66. The first kappa shape index (κ1) is 12.4. The highest BCUT2D eigenvalue weighted by atomic mass is 16.5. The Kier molecular flexibility index (Phi) is 3.60. The molecule has 2 aliphatic rings. The molecule has 0 heterocycles. The number of rotatable bonds is 3. The second-order valence-corrected chi connectivity index (χ2v) is 6.28. The Morgan fingerprint density at radius 3 is 2.50 bits per heavy atom. The highest BCUT2D eigenvalue weighted by Gasteiger charge is 2.48. The molecule has 2 fully saturated rings. The Bertz CT molecular complexity index is 239. The summed E-state index contributed by atoms with van der Waals surface area (Å²) in [5, 5.41) is 0. The van der Waals surface area contributed by atoms with E-state index in [1.807, 2.05) is 0 Å². The lowest BCUT2D eigenvalue weighted by Gasteiger charge is -2.52. The molecule has 2 N–H and O–H groups in total. The van der Waals surface area contributed by atoms with Crippen LogP contribution in [0.2, 0.25) is 0 Å². The van der Waals surface area contributed by atoms with Crippen molar-refractivity contribution in [1.82, 2.24) is 0 Å². The van der Waals surface area contributed by atoms with Crippen molar-refractivity contribution in [2.75, 3.05) is 0 Å². The summed E-state index contributed by atoms with van der Waals surface area (Å²) < 4.78 is 6.34. The van der Waals surface area contributed by atoms with Gasteiger partial charge in [-0.1, -0.05) is 40.0 Å².